The Bertz CT molecular complexity index is 864. The molecule has 0 spiro atoms. The maximum atomic E-state index is 12.7. The molecule has 1 aliphatic carbocycles. The highest BCUT2D eigenvalue weighted by Gasteiger charge is 2.20. The summed E-state index contributed by atoms with van der Waals surface area (Å²) in [5.74, 6) is 2.01. The topological polar surface area (TPSA) is 56.8 Å². The van der Waals surface area contributed by atoms with Crippen molar-refractivity contribution in [3.8, 4) is 17.2 Å². The lowest BCUT2D eigenvalue weighted by atomic mass is 9.92. The van der Waals surface area contributed by atoms with E-state index in [1.54, 1.807) is 6.92 Å². The number of amides is 1. The van der Waals surface area contributed by atoms with Crippen molar-refractivity contribution in [2.24, 2.45) is 0 Å². The van der Waals surface area contributed by atoms with Gasteiger partial charge in [0.1, 0.15) is 5.75 Å². The zero-order valence-electron chi connectivity index (χ0n) is 18.5. The van der Waals surface area contributed by atoms with Gasteiger partial charge in [-0.2, -0.15) is 0 Å². The summed E-state index contributed by atoms with van der Waals surface area (Å²) in [5, 5.41) is 3.04. The van der Waals surface area contributed by atoms with Gasteiger partial charge in [-0.15, -0.1) is 0 Å². The van der Waals surface area contributed by atoms with Gasteiger partial charge in [0.25, 0.3) is 5.91 Å². The fourth-order valence-electron chi connectivity index (χ4n) is 3.79. The SMILES string of the molecule is CCOc1ccc([C@@H](C)NC(=O)[C@H](C)Oc2ccc3c(c2)CCCC3)cc1OCC. The lowest BCUT2D eigenvalue weighted by Crippen LogP contribution is -2.37. The van der Waals surface area contributed by atoms with Crippen LogP contribution in [0, 0.1) is 0 Å². The van der Waals surface area contributed by atoms with Gasteiger partial charge in [-0.25, -0.2) is 0 Å². The minimum atomic E-state index is -0.580. The number of ether oxygens (including phenoxy) is 3. The molecule has 5 nitrogen and oxygen atoms in total. The van der Waals surface area contributed by atoms with Gasteiger partial charge in [-0.05, 0) is 94.3 Å². The zero-order valence-corrected chi connectivity index (χ0v) is 18.5. The van der Waals surface area contributed by atoms with E-state index in [2.05, 4.69) is 17.4 Å². The van der Waals surface area contributed by atoms with Gasteiger partial charge in [0.15, 0.2) is 17.6 Å². The highest BCUT2D eigenvalue weighted by atomic mass is 16.5. The first kappa shape index (κ1) is 22.0. The summed E-state index contributed by atoms with van der Waals surface area (Å²) < 4.78 is 17.2. The number of rotatable bonds is 9. The van der Waals surface area contributed by atoms with Crippen LogP contribution in [0.15, 0.2) is 36.4 Å². The molecule has 1 aliphatic rings. The average molecular weight is 412 g/mol. The van der Waals surface area contributed by atoms with E-state index in [0.717, 1.165) is 24.2 Å². The molecule has 30 heavy (non-hydrogen) atoms. The molecule has 1 N–H and O–H groups in total. The van der Waals surface area contributed by atoms with Crippen LogP contribution in [-0.2, 0) is 17.6 Å². The molecule has 2 atom stereocenters. The number of fused-ring (bicyclic) bond motifs is 1. The van der Waals surface area contributed by atoms with Gasteiger partial charge in [0, 0.05) is 0 Å². The number of hydrogen-bond acceptors (Lipinski definition) is 4. The van der Waals surface area contributed by atoms with E-state index < -0.39 is 6.10 Å². The molecule has 0 unspecified atom stereocenters. The van der Waals surface area contributed by atoms with Crippen molar-refractivity contribution in [3.63, 3.8) is 0 Å². The molecule has 0 bridgehead atoms. The van der Waals surface area contributed by atoms with Crippen molar-refractivity contribution in [3.05, 3.63) is 53.1 Å². The largest absolute Gasteiger partial charge is 0.490 e. The third kappa shape index (κ3) is 5.47. The normalized spacial score (nSPS) is 14.9. The molecule has 0 saturated carbocycles. The maximum absolute atomic E-state index is 12.7. The number of nitrogens with one attached hydrogen (secondary N) is 1. The number of benzene rings is 2. The third-order valence-corrected chi connectivity index (χ3v) is 5.43. The first-order valence-electron chi connectivity index (χ1n) is 11.0. The van der Waals surface area contributed by atoms with Crippen LogP contribution in [0.5, 0.6) is 17.2 Å². The lowest BCUT2D eigenvalue weighted by molar-refractivity contribution is -0.127. The number of carbonyl (C=O) groups is 1. The summed E-state index contributed by atoms with van der Waals surface area (Å²) in [6, 6.07) is 11.8. The van der Waals surface area contributed by atoms with Gasteiger partial charge in [0.05, 0.1) is 19.3 Å². The molecule has 0 fully saturated rings. The maximum Gasteiger partial charge on any atom is 0.261 e. The van der Waals surface area contributed by atoms with E-state index >= 15 is 0 Å². The van der Waals surface area contributed by atoms with Crippen LogP contribution >= 0.6 is 0 Å². The second kappa shape index (κ2) is 10.4. The molecule has 0 aromatic heterocycles. The molecule has 0 radical (unpaired) electrons. The summed E-state index contributed by atoms with van der Waals surface area (Å²) in [6.45, 7) is 8.74. The quantitative estimate of drug-likeness (QED) is 0.630. The molecular weight excluding hydrogens is 378 g/mol. The third-order valence-electron chi connectivity index (χ3n) is 5.43. The van der Waals surface area contributed by atoms with Gasteiger partial charge >= 0.3 is 0 Å². The second-order valence-electron chi connectivity index (χ2n) is 7.70. The van der Waals surface area contributed by atoms with E-state index in [0.29, 0.717) is 24.7 Å². The molecule has 0 aliphatic heterocycles. The Labute approximate surface area is 179 Å². The van der Waals surface area contributed by atoms with E-state index in [9.17, 15) is 4.79 Å². The van der Waals surface area contributed by atoms with Crippen molar-refractivity contribution < 1.29 is 19.0 Å². The standard InChI is InChI=1S/C25H33NO4/c1-5-28-23-14-12-20(16-24(23)29-6-2)17(3)26-25(27)18(4)30-22-13-11-19-9-7-8-10-21(19)15-22/h11-18H,5-10H2,1-4H3,(H,26,27)/t17-,18+/m1/s1. The summed E-state index contributed by atoms with van der Waals surface area (Å²) in [7, 11) is 0. The number of hydrogen-bond donors (Lipinski definition) is 1. The Balaban J connectivity index is 1.62. The average Bonchev–Trinajstić information content (AvgIpc) is 2.75. The Kier molecular flexibility index (Phi) is 7.61. The smallest absolute Gasteiger partial charge is 0.261 e. The minimum Gasteiger partial charge on any atom is -0.490 e. The highest BCUT2D eigenvalue weighted by molar-refractivity contribution is 5.81. The summed E-state index contributed by atoms with van der Waals surface area (Å²) >= 11 is 0. The van der Waals surface area contributed by atoms with E-state index in [1.165, 1.54) is 24.0 Å². The predicted molar refractivity (Wildman–Crippen MR) is 119 cm³/mol. The van der Waals surface area contributed by atoms with Crippen LogP contribution in [0.4, 0.5) is 0 Å². The first-order valence-corrected chi connectivity index (χ1v) is 11.0. The van der Waals surface area contributed by atoms with E-state index in [-0.39, 0.29) is 11.9 Å². The fourth-order valence-corrected chi connectivity index (χ4v) is 3.79. The van der Waals surface area contributed by atoms with Crippen molar-refractivity contribution in [2.75, 3.05) is 13.2 Å². The number of aryl methyl sites for hydroxylation is 2. The van der Waals surface area contributed by atoms with Crippen LogP contribution in [0.25, 0.3) is 0 Å². The minimum absolute atomic E-state index is 0.146. The van der Waals surface area contributed by atoms with Crippen LogP contribution in [0.3, 0.4) is 0 Å². The monoisotopic (exact) mass is 411 g/mol. The van der Waals surface area contributed by atoms with Crippen LogP contribution in [0.1, 0.15) is 63.3 Å². The van der Waals surface area contributed by atoms with Crippen molar-refractivity contribution in [1.29, 1.82) is 0 Å². The molecule has 0 heterocycles. The Morgan fingerprint density at radius 2 is 1.63 bits per heavy atom. The van der Waals surface area contributed by atoms with Gasteiger partial charge in [-0.1, -0.05) is 12.1 Å². The Hall–Kier alpha value is -2.69. The van der Waals surface area contributed by atoms with Gasteiger partial charge in [-0.3, -0.25) is 4.79 Å². The summed E-state index contributed by atoms with van der Waals surface area (Å²) in [4.78, 5) is 12.7. The molecule has 2 aromatic carbocycles. The summed E-state index contributed by atoms with van der Waals surface area (Å²) in [5.41, 5.74) is 3.70. The van der Waals surface area contributed by atoms with Crippen molar-refractivity contribution in [2.45, 2.75) is 65.5 Å². The van der Waals surface area contributed by atoms with Gasteiger partial charge in [0.2, 0.25) is 0 Å². The molecule has 0 saturated heterocycles. The predicted octanol–water partition coefficient (Wildman–Crippen LogP) is 5.01. The lowest BCUT2D eigenvalue weighted by Gasteiger charge is -2.21. The molecule has 2 aromatic rings. The molecule has 162 valence electrons. The van der Waals surface area contributed by atoms with Crippen LogP contribution in [0.2, 0.25) is 0 Å². The van der Waals surface area contributed by atoms with E-state index in [1.807, 2.05) is 45.0 Å². The fraction of sp³-hybridized carbons (Fsp3) is 0.480. The van der Waals surface area contributed by atoms with Crippen molar-refractivity contribution in [1.82, 2.24) is 5.32 Å². The van der Waals surface area contributed by atoms with E-state index in [4.69, 9.17) is 14.2 Å². The number of carbonyl (C=O) groups excluding carboxylic acids is 1. The Morgan fingerprint density at radius 3 is 2.37 bits per heavy atom. The summed E-state index contributed by atoms with van der Waals surface area (Å²) in [6.07, 6.45) is 4.11. The second-order valence-corrected chi connectivity index (χ2v) is 7.70. The van der Waals surface area contributed by atoms with Crippen LogP contribution in [-0.4, -0.2) is 25.2 Å². The zero-order chi connectivity index (χ0) is 21.5. The molecule has 1 amide bonds. The first-order chi connectivity index (χ1) is 14.5. The highest BCUT2D eigenvalue weighted by Crippen LogP contribution is 2.31. The Morgan fingerprint density at radius 1 is 0.933 bits per heavy atom. The van der Waals surface area contributed by atoms with Crippen LogP contribution < -0.4 is 19.5 Å². The van der Waals surface area contributed by atoms with Crippen molar-refractivity contribution >= 4 is 5.91 Å². The molecular formula is C25H33NO4. The molecule has 5 heteroatoms. The van der Waals surface area contributed by atoms with Gasteiger partial charge < -0.3 is 19.5 Å². The molecule has 3 rings (SSSR count).